The molecule has 0 saturated carbocycles. The molecular formula is C19H24N4O2S2. The number of thioether (sulfide) groups is 1. The number of hydrogen-bond donors (Lipinski definition) is 0. The van der Waals surface area contributed by atoms with Gasteiger partial charge in [0.2, 0.25) is 5.89 Å². The molecule has 1 aliphatic carbocycles. The third kappa shape index (κ3) is 3.82. The van der Waals surface area contributed by atoms with Gasteiger partial charge in [-0.25, -0.2) is 4.98 Å². The van der Waals surface area contributed by atoms with Crippen molar-refractivity contribution in [2.45, 2.75) is 76.2 Å². The number of aromatic nitrogens is 4. The average Bonchev–Trinajstić information content (AvgIpc) is 3.34. The Kier molecular flexibility index (Phi) is 5.63. The molecule has 0 aromatic carbocycles. The Morgan fingerprint density at radius 2 is 2.11 bits per heavy atom. The molecule has 144 valence electrons. The zero-order valence-electron chi connectivity index (χ0n) is 15.8. The third-order valence-electron chi connectivity index (χ3n) is 4.92. The van der Waals surface area contributed by atoms with E-state index >= 15 is 0 Å². The molecule has 4 rings (SSSR count). The van der Waals surface area contributed by atoms with Gasteiger partial charge in [-0.2, -0.15) is 4.98 Å². The molecule has 3 aromatic rings. The van der Waals surface area contributed by atoms with E-state index in [9.17, 15) is 4.79 Å². The van der Waals surface area contributed by atoms with Crippen LogP contribution in [0.5, 0.6) is 0 Å². The molecule has 0 fully saturated rings. The summed E-state index contributed by atoms with van der Waals surface area (Å²) >= 11 is 3.20. The van der Waals surface area contributed by atoms with E-state index < -0.39 is 0 Å². The molecule has 27 heavy (non-hydrogen) atoms. The lowest BCUT2D eigenvalue weighted by Crippen LogP contribution is -2.23. The highest BCUT2D eigenvalue weighted by molar-refractivity contribution is 7.98. The van der Waals surface area contributed by atoms with Crippen molar-refractivity contribution in [3.05, 3.63) is 32.5 Å². The van der Waals surface area contributed by atoms with Crippen molar-refractivity contribution in [3.8, 4) is 0 Å². The quantitative estimate of drug-likeness (QED) is 0.312. The van der Waals surface area contributed by atoms with Crippen molar-refractivity contribution in [1.82, 2.24) is 19.7 Å². The van der Waals surface area contributed by atoms with Gasteiger partial charge in [-0.15, -0.1) is 11.3 Å². The molecule has 3 aromatic heterocycles. The van der Waals surface area contributed by atoms with E-state index in [-0.39, 0.29) is 5.56 Å². The van der Waals surface area contributed by atoms with Crippen LogP contribution in [-0.2, 0) is 25.1 Å². The zero-order chi connectivity index (χ0) is 18.8. The highest BCUT2D eigenvalue weighted by atomic mass is 32.2. The third-order valence-corrected chi connectivity index (χ3v) is 7.07. The minimum Gasteiger partial charge on any atom is -0.338 e. The highest BCUT2D eigenvalue weighted by Gasteiger charge is 2.23. The summed E-state index contributed by atoms with van der Waals surface area (Å²) in [6, 6.07) is 0. The molecule has 0 spiro atoms. The summed E-state index contributed by atoms with van der Waals surface area (Å²) in [4.78, 5) is 24.7. The first-order chi connectivity index (χ1) is 13.2. The van der Waals surface area contributed by atoms with Crippen LogP contribution in [0.1, 0.15) is 61.2 Å². The molecule has 0 radical (unpaired) electrons. The number of hydrogen-bond acceptors (Lipinski definition) is 7. The number of thiophene rings is 1. The topological polar surface area (TPSA) is 73.8 Å². The number of rotatable bonds is 8. The Morgan fingerprint density at radius 3 is 2.89 bits per heavy atom. The Labute approximate surface area is 166 Å². The van der Waals surface area contributed by atoms with Crippen molar-refractivity contribution in [1.29, 1.82) is 0 Å². The lowest BCUT2D eigenvalue weighted by molar-refractivity contribution is 0.387. The Morgan fingerprint density at radius 1 is 1.22 bits per heavy atom. The van der Waals surface area contributed by atoms with Gasteiger partial charge in [0.1, 0.15) is 4.83 Å². The maximum atomic E-state index is 13.3. The molecule has 8 heteroatoms. The molecular weight excluding hydrogens is 380 g/mol. The van der Waals surface area contributed by atoms with Crippen LogP contribution in [0.15, 0.2) is 14.5 Å². The molecule has 0 saturated heterocycles. The molecule has 0 aliphatic heterocycles. The fourth-order valence-electron chi connectivity index (χ4n) is 3.59. The second-order valence-electron chi connectivity index (χ2n) is 6.97. The summed E-state index contributed by atoms with van der Waals surface area (Å²) in [6.45, 7) is 4.72. The Hall–Kier alpha value is -1.67. The monoisotopic (exact) mass is 404 g/mol. The van der Waals surface area contributed by atoms with E-state index in [0.717, 1.165) is 54.0 Å². The normalized spacial score (nSPS) is 13.6. The van der Waals surface area contributed by atoms with Crippen LogP contribution in [0.25, 0.3) is 10.2 Å². The number of unbranched alkanes of at least 4 members (excludes halogenated alkanes) is 3. The van der Waals surface area contributed by atoms with Crippen LogP contribution in [0.3, 0.4) is 0 Å². The van der Waals surface area contributed by atoms with Gasteiger partial charge in [0.15, 0.2) is 11.0 Å². The van der Waals surface area contributed by atoms with Gasteiger partial charge in [0.05, 0.1) is 11.1 Å². The first-order valence-corrected chi connectivity index (χ1v) is 11.4. The first kappa shape index (κ1) is 18.7. The predicted octanol–water partition coefficient (Wildman–Crippen LogP) is 4.51. The van der Waals surface area contributed by atoms with Gasteiger partial charge < -0.3 is 4.52 Å². The Balaban J connectivity index is 1.67. The van der Waals surface area contributed by atoms with E-state index in [2.05, 4.69) is 17.1 Å². The highest BCUT2D eigenvalue weighted by Crippen LogP contribution is 2.35. The van der Waals surface area contributed by atoms with Crippen molar-refractivity contribution in [2.24, 2.45) is 0 Å². The smallest absolute Gasteiger partial charge is 0.263 e. The van der Waals surface area contributed by atoms with Crippen LogP contribution >= 0.6 is 23.1 Å². The van der Waals surface area contributed by atoms with Crippen LogP contribution < -0.4 is 5.56 Å². The predicted molar refractivity (Wildman–Crippen MR) is 109 cm³/mol. The van der Waals surface area contributed by atoms with Gasteiger partial charge in [-0.1, -0.05) is 43.1 Å². The standard InChI is InChI=1S/C19H24N4O2S2/c1-3-4-5-6-10-23-18(24)16-13-8-7-9-14(13)27-17(16)21-19(23)26-11-15-20-12(2)22-25-15/h3-11H2,1-2H3. The van der Waals surface area contributed by atoms with Crippen LogP contribution in [0.2, 0.25) is 0 Å². The number of aryl methyl sites for hydroxylation is 3. The Bertz CT molecular complexity index is 1010. The largest absolute Gasteiger partial charge is 0.338 e. The van der Waals surface area contributed by atoms with Crippen molar-refractivity contribution >= 4 is 33.3 Å². The molecule has 1 aliphatic rings. The van der Waals surface area contributed by atoms with Crippen LogP contribution in [0, 0.1) is 6.92 Å². The van der Waals surface area contributed by atoms with Gasteiger partial charge in [-0.3, -0.25) is 9.36 Å². The summed E-state index contributed by atoms with van der Waals surface area (Å²) in [5.74, 6) is 1.72. The zero-order valence-corrected chi connectivity index (χ0v) is 17.4. The molecule has 0 bridgehead atoms. The van der Waals surface area contributed by atoms with Crippen molar-refractivity contribution in [2.75, 3.05) is 0 Å². The summed E-state index contributed by atoms with van der Waals surface area (Å²) < 4.78 is 7.08. The van der Waals surface area contributed by atoms with Gasteiger partial charge >= 0.3 is 0 Å². The minimum absolute atomic E-state index is 0.125. The SMILES string of the molecule is CCCCCCn1c(SCc2nc(C)no2)nc2sc3c(c2c1=O)CCC3. The molecule has 0 amide bonds. The summed E-state index contributed by atoms with van der Waals surface area (Å²) in [5, 5.41) is 5.46. The van der Waals surface area contributed by atoms with Crippen molar-refractivity contribution in [3.63, 3.8) is 0 Å². The lowest BCUT2D eigenvalue weighted by Gasteiger charge is -2.11. The second kappa shape index (κ2) is 8.14. The maximum absolute atomic E-state index is 13.3. The molecule has 3 heterocycles. The summed E-state index contributed by atoms with van der Waals surface area (Å²) in [5.41, 5.74) is 1.37. The van der Waals surface area contributed by atoms with E-state index in [4.69, 9.17) is 9.51 Å². The fourth-order valence-corrected chi connectivity index (χ4v) is 5.75. The van der Waals surface area contributed by atoms with Crippen LogP contribution in [-0.4, -0.2) is 19.7 Å². The number of nitrogens with zero attached hydrogens (tertiary/aromatic N) is 4. The second-order valence-corrected chi connectivity index (χ2v) is 9.00. The van der Waals surface area contributed by atoms with E-state index in [1.807, 2.05) is 4.57 Å². The molecule has 0 N–H and O–H groups in total. The average molecular weight is 405 g/mol. The van der Waals surface area contributed by atoms with Crippen molar-refractivity contribution < 1.29 is 4.52 Å². The van der Waals surface area contributed by atoms with E-state index in [1.165, 1.54) is 35.0 Å². The van der Waals surface area contributed by atoms with E-state index in [1.54, 1.807) is 18.3 Å². The molecule has 0 unspecified atom stereocenters. The number of fused-ring (bicyclic) bond motifs is 3. The summed E-state index contributed by atoms with van der Waals surface area (Å²) in [7, 11) is 0. The van der Waals surface area contributed by atoms with Gasteiger partial charge in [0, 0.05) is 11.4 Å². The summed E-state index contributed by atoms with van der Waals surface area (Å²) in [6.07, 6.45) is 7.76. The van der Waals surface area contributed by atoms with E-state index in [0.29, 0.717) is 17.5 Å². The first-order valence-electron chi connectivity index (χ1n) is 9.64. The molecule has 0 atom stereocenters. The van der Waals surface area contributed by atoms with Gasteiger partial charge in [-0.05, 0) is 38.2 Å². The van der Waals surface area contributed by atoms with Crippen LogP contribution in [0.4, 0.5) is 0 Å². The maximum Gasteiger partial charge on any atom is 0.263 e. The molecule has 6 nitrogen and oxygen atoms in total. The van der Waals surface area contributed by atoms with Gasteiger partial charge in [0.25, 0.3) is 5.56 Å². The lowest BCUT2D eigenvalue weighted by atomic mass is 10.2. The fraction of sp³-hybridized carbons (Fsp3) is 0.579. The minimum atomic E-state index is 0.125.